The molecule has 0 heterocycles. The van der Waals surface area contributed by atoms with Gasteiger partial charge in [-0.2, -0.15) is 0 Å². The summed E-state index contributed by atoms with van der Waals surface area (Å²) in [6, 6.07) is 10.9. The molecule has 0 bridgehead atoms. The van der Waals surface area contributed by atoms with Gasteiger partial charge in [0.15, 0.2) is 0 Å². The molecular weight excluding hydrogens is 182 g/mol. The molecule has 1 unspecified atom stereocenters. The summed E-state index contributed by atoms with van der Waals surface area (Å²) < 4.78 is 0. The molecular formula is C14H23N. The van der Waals surface area contributed by atoms with Crippen LogP contribution in [0.2, 0.25) is 0 Å². The summed E-state index contributed by atoms with van der Waals surface area (Å²) in [4.78, 5) is 2.50. The molecule has 0 aliphatic rings. The van der Waals surface area contributed by atoms with E-state index < -0.39 is 0 Å². The van der Waals surface area contributed by atoms with Crippen molar-refractivity contribution in [2.75, 3.05) is 19.6 Å². The monoisotopic (exact) mass is 205 g/mol. The van der Waals surface area contributed by atoms with E-state index in [0.29, 0.717) is 5.92 Å². The predicted octanol–water partition coefficient (Wildman–Crippen LogP) is 3.52. The first-order chi connectivity index (χ1) is 7.31. The van der Waals surface area contributed by atoms with Crippen LogP contribution in [0.25, 0.3) is 0 Å². The maximum absolute atomic E-state index is 2.50. The summed E-state index contributed by atoms with van der Waals surface area (Å²) in [6.45, 7) is 10.2. The minimum Gasteiger partial charge on any atom is -0.303 e. The number of hydrogen-bond donors (Lipinski definition) is 0. The smallest absolute Gasteiger partial charge is 0.00499 e. The highest BCUT2D eigenvalue weighted by Crippen LogP contribution is 2.20. The van der Waals surface area contributed by atoms with Crippen LogP contribution in [0.4, 0.5) is 0 Å². The van der Waals surface area contributed by atoms with E-state index in [9.17, 15) is 0 Å². The Morgan fingerprint density at radius 1 is 1.00 bits per heavy atom. The molecule has 0 fully saturated rings. The Morgan fingerprint density at radius 2 is 1.60 bits per heavy atom. The molecule has 15 heavy (non-hydrogen) atoms. The van der Waals surface area contributed by atoms with E-state index >= 15 is 0 Å². The topological polar surface area (TPSA) is 3.24 Å². The zero-order chi connectivity index (χ0) is 11.1. The molecule has 0 spiro atoms. The Morgan fingerprint density at radius 3 is 2.07 bits per heavy atom. The van der Waals surface area contributed by atoms with Crippen molar-refractivity contribution in [3.63, 3.8) is 0 Å². The van der Waals surface area contributed by atoms with E-state index in [1.165, 1.54) is 18.5 Å². The van der Waals surface area contributed by atoms with Gasteiger partial charge in [0.25, 0.3) is 0 Å². The molecule has 0 aromatic heterocycles. The van der Waals surface area contributed by atoms with Crippen LogP contribution in [-0.2, 0) is 0 Å². The Kier molecular flexibility index (Phi) is 5.41. The fourth-order valence-corrected chi connectivity index (χ4v) is 1.99. The zero-order valence-electron chi connectivity index (χ0n) is 10.2. The molecule has 1 aromatic carbocycles. The Hall–Kier alpha value is -0.820. The first-order valence-electron chi connectivity index (χ1n) is 6.09. The average Bonchev–Trinajstić information content (AvgIpc) is 2.32. The lowest BCUT2D eigenvalue weighted by molar-refractivity contribution is 0.280. The number of hydrogen-bond acceptors (Lipinski definition) is 1. The van der Waals surface area contributed by atoms with E-state index in [-0.39, 0.29) is 0 Å². The Bertz CT molecular complexity index is 251. The minimum absolute atomic E-state index is 0.686. The molecule has 1 nitrogen and oxygen atoms in total. The fraction of sp³-hybridized carbons (Fsp3) is 0.571. The molecule has 0 aliphatic heterocycles. The van der Waals surface area contributed by atoms with Crippen molar-refractivity contribution in [3.05, 3.63) is 35.9 Å². The predicted molar refractivity (Wildman–Crippen MR) is 67.3 cm³/mol. The van der Waals surface area contributed by atoms with Crippen LogP contribution in [-0.4, -0.2) is 24.5 Å². The van der Waals surface area contributed by atoms with Gasteiger partial charge in [0.2, 0.25) is 0 Å². The fourth-order valence-electron chi connectivity index (χ4n) is 1.99. The highest BCUT2D eigenvalue weighted by Gasteiger charge is 2.11. The first-order valence-corrected chi connectivity index (χ1v) is 6.09. The van der Waals surface area contributed by atoms with Crippen LogP contribution in [0, 0.1) is 0 Å². The molecule has 1 rings (SSSR count). The standard InChI is InChI=1S/C14H23N/c1-4-13(12-15(5-2)6-3)14-10-8-7-9-11-14/h7-11,13H,4-6,12H2,1-3H3. The van der Waals surface area contributed by atoms with Gasteiger partial charge in [0.1, 0.15) is 0 Å². The normalized spacial score (nSPS) is 13.1. The number of rotatable bonds is 6. The second-order valence-corrected chi connectivity index (χ2v) is 4.00. The third kappa shape index (κ3) is 3.67. The van der Waals surface area contributed by atoms with E-state index in [1.807, 2.05) is 0 Å². The van der Waals surface area contributed by atoms with Gasteiger partial charge in [-0.25, -0.2) is 0 Å². The molecule has 1 heteroatoms. The van der Waals surface area contributed by atoms with Crippen LogP contribution < -0.4 is 0 Å². The molecule has 0 saturated heterocycles. The molecule has 0 aliphatic carbocycles. The Labute approximate surface area is 94.1 Å². The molecule has 0 radical (unpaired) electrons. The third-order valence-electron chi connectivity index (χ3n) is 3.14. The maximum atomic E-state index is 2.50. The summed E-state index contributed by atoms with van der Waals surface area (Å²) >= 11 is 0. The largest absolute Gasteiger partial charge is 0.303 e. The lowest BCUT2D eigenvalue weighted by Gasteiger charge is -2.24. The zero-order valence-corrected chi connectivity index (χ0v) is 10.2. The highest BCUT2D eigenvalue weighted by molar-refractivity contribution is 5.19. The second kappa shape index (κ2) is 6.62. The first kappa shape index (κ1) is 12.3. The van der Waals surface area contributed by atoms with Gasteiger partial charge in [-0.15, -0.1) is 0 Å². The van der Waals surface area contributed by atoms with Gasteiger partial charge < -0.3 is 4.90 Å². The molecule has 0 saturated carbocycles. The molecule has 0 amide bonds. The van der Waals surface area contributed by atoms with Crippen molar-refractivity contribution < 1.29 is 0 Å². The van der Waals surface area contributed by atoms with Crippen molar-refractivity contribution in [1.29, 1.82) is 0 Å². The molecule has 0 N–H and O–H groups in total. The van der Waals surface area contributed by atoms with Gasteiger partial charge in [-0.05, 0) is 31.0 Å². The Balaban J connectivity index is 2.64. The highest BCUT2D eigenvalue weighted by atomic mass is 15.1. The number of benzene rings is 1. The number of nitrogens with zero attached hydrogens (tertiary/aromatic N) is 1. The van der Waals surface area contributed by atoms with Gasteiger partial charge in [0.05, 0.1) is 0 Å². The lowest BCUT2D eigenvalue weighted by atomic mass is 9.96. The lowest BCUT2D eigenvalue weighted by Crippen LogP contribution is -2.28. The quantitative estimate of drug-likeness (QED) is 0.687. The van der Waals surface area contributed by atoms with Crippen LogP contribution in [0.15, 0.2) is 30.3 Å². The SMILES string of the molecule is CCC(CN(CC)CC)c1ccccc1. The van der Waals surface area contributed by atoms with Crippen molar-refractivity contribution in [3.8, 4) is 0 Å². The summed E-state index contributed by atoms with van der Waals surface area (Å²) in [5.41, 5.74) is 1.48. The summed E-state index contributed by atoms with van der Waals surface area (Å²) in [6.07, 6.45) is 1.22. The van der Waals surface area contributed by atoms with Crippen LogP contribution >= 0.6 is 0 Å². The van der Waals surface area contributed by atoms with Crippen LogP contribution in [0.5, 0.6) is 0 Å². The van der Waals surface area contributed by atoms with Gasteiger partial charge in [-0.3, -0.25) is 0 Å². The second-order valence-electron chi connectivity index (χ2n) is 4.00. The molecule has 1 aromatic rings. The van der Waals surface area contributed by atoms with Gasteiger partial charge in [0, 0.05) is 6.54 Å². The van der Waals surface area contributed by atoms with E-state index in [0.717, 1.165) is 13.1 Å². The summed E-state index contributed by atoms with van der Waals surface area (Å²) in [7, 11) is 0. The summed E-state index contributed by atoms with van der Waals surface area (Å²) in [5, 5.41) is 0. The van der Waals surface area contributed by atoms with Crippen molar-refractivity contribution >= 4 is 0 Å². The summed E-state index contributed by atoms with van der Waals surface area (Å²) in [5.74, 6) is 0.686. The maximum Gasteiger partial charge on any atom is 0.00499 e. The average molecular weight is 205 g/mol. The van der Waals surface area contributed by atoms with Crippen molar-refractivity contribution in [1.82, 2.24) is 4.90 Å². The van der Waals surface area contributed by atoms with E-state index in [1.54, 1.807) is 0 Å². The van der Waals surface area contributed by atoms with E-state index in [4.69, 9.17) is 0 Å². The number of likely N-dealkylation sites (N-methyl/N-ethyl adjacent to an activating group) is 1. The molecule has 1 atom stereocenters. The van der Waals surface area contributed by atoms with E-state index in [2.05, 4.69) is 56.0 Å². The van der Waals surface area contributed by atoms with Gasteiger partial charge in [-0.1, -0.05) is 51.1 Å². The molecule has 84 valence electrons. The van der Waals surface area contributed by atoms with Crippen molar-refractivity contribution in [2.24, 2.45) is 0 Å². The third-order valence-corrected chi connectivity index (χ3v) is 3.14. The minimum atomic E-state index is 0.686. The van der Waals surface area contributed by atoms with Gasteiger partial charge >= 0.3 is 0 Å². The van der Waals surface area contributed by atoms with Crippen LogP contribution in [0.1, 0.15) is 38.7 Å². The van der Waals surface area contributed by atoms with Crippen molar-refractivity contribution in [2.45, 2.75) is 33.1 Å². The van der Waals surface area contributed by atoms with Crippen LogP contribution in [0.3, 0.4) is 0 Å².